The molecule has 2 aromatic heterocycles. The van der Waals surface area contributed by atoms with Gasteiger partial charge in [0, 0.05) is 29.4 Å². The van der Waals surface area contributed by atoms with Crippen LogP contribution in [0.4, 0.5) is 0 Å². The van der Waals surface area contributed by atoms with Gasteiger partial charge >= 0.3 is 0 Å². The van der Waals surface area contributed by atoms with E-state index < -0.39 is 11.8 Å². The molecular formula is C20H21N3O4S. The molecule has 0 spiro atoms. The molecule has 0 atom stereocenters. The van der Waals surface area contributed by atoms with Crippen molar-refractivity contribution >= 4 is 34.1 Å². The molecule has 7 nitrogen and oxygen atoms in total. The summed E-state index contributed by atoms with van der Waals surface area (Å²) in [6.07, 6.45) is 3.03. The van der Waals surface area contributed by atoms with Gasteiger partial charge in [0.05, 0.1) is 12.1 Å². The number of carbonyl (C=O) groups excluding carboxylic acids is 2. The summed E-state index contributed by atoms with van der Waals surface area (Å²) < 4.78 is 1.87. The van der Waals surface area contributed by atoms with Crippen LogP contribution in [0.15, 0.2) is 52.8 Å². The van der Waals surface area contributed by atoms with Crippen molar-refractivity contribution in [3.63, 3.8) is 0 Å². The van der Waals surface area contributed by atoms with Gasteiger partial charge in [0.1, 0.15) is 5.56 Å². The molecular weight excluding hydrogens is 378 g/mol. The lowest BCUT2D eigenvalue weighted by Gasteiger charge is -2.13. The first-order valence-corrected chi connectivity index (χ1v) is 9.84. The fraction of sp³-hybridized carbons (Fsp3) is 0.250. The summed E-state index contributed by atoms with van der Waals surface area (Å²) in [6, 6.07) is 11.0. The van der Waals surface area contributed by atoms with Gasteiger partial charge in [-0.05, 0) is 36.4 Å². The molecule has 3 aromatic rings. The largest absolute Gasteiger partial charge is 0.347 e. The van der Waals surface area contributed by atoms with Gasteiger partial charge in [-0.15, -0.1) is 11.3 Å². The molecule has 146 valence electrons. The van der Waals surface area contributed by atoms with E-state index in [1.54, 1.807) is 23.8 Å². The molecule has 1 aromatic carbocycles. The van der Waals surface area contributed by atoms with Crippen molar-refractivity contribution < 1.29 is 14.8 Å². The van der Waals surface area contributed by atoms with E-state index in [2.05, 4.69) is 5.32 Å². The Kier molecular flexibility index (Phi) is 6.57. The summed E-state index contributed by atoms with van der Waals surface area (Å²) in [7, 11) is 0. The Hall–Kier alpha value is -2.97. The number of aromatic nitrogens is 1. The second-order valence-electron chi connectivity index (χ2n) is 6.34. The lowest BCUT2D eigenvalue weighted by molar-refractivity contribution is -0.129. The highest BCUT2D eigenvalue weighted by Crippen LogP contribution is 2.14. The number of nitrogens with one attached hydrogen (secondary N) is 2. The topological polar surface area (TPSA) is 100 Å². The number of fused-ring (bicyclic) bond motifs is 1. The minimum Gasteiger partial charge on any atom is -0.347 e. The summed E-state index contributed by atoms with van der Waals surface area (Å²) in [5, 5.41) is 13.8. The number of thiophene rings is 1. The Morgan fingerprint density at radius 3 is 2.68 bits per heavy atom. The van der Waals surface area contributed by atoms with E-state index in [0.29, 0.717) is 31.3 Å². The molecule has 0 fully saturated rings. The van der Waals surface area contributed by atoms with Crippen LogP contribution < -0.4 is 16.2 Å². The van der Waals surface area contributed by atoms with Crippen LogP contribution in [0.2, 0.25) is 0 Å². The zero-order valence-electron chi connectivity index (χ0n) is 15.2. The van der Waals surface area contributed by atoms with Crippen molar-refractivity contribution in [2.75, 3.05) is 0 Å². The van der Waals surface area contributed by atoms with E-state index >= 15 is 0 Å². The fourth-order valence-corrected chi connectivity index (χ4v) is 3.64. The molecule has 0 aliphatic rings. The minimum atomic E-state index is -0.432. The first kappa shape index (κ1) is 19.8. The van der Waals surface area contributed by atoms with E-state index in [0.717, 1.165) is 10.4 Å². The molecule has 0 saturated heterocycles. The van der Waals surface area contributed by atoms with Crippen molar-refractivity contribution in [3.05, 3.63) is 68.6 Å². The summed E-state index contributed by atoms with van der Waals surface area (Å²) in [5.74, 6) is -0.837. The molecule has 0 aliphatic carbocycles. The average molecular weight is 399 g/mol. The van der Waals surface area contributed by atoms with Crippen LogP contribution in [0.1, 0.15) is 34.5 Å². The van der Waals surface area contributed by atoms with E-state index in [4.69, 9.17) is 5.21 Å². The lowest BCUT2D eigenvalue weighted by Crippen LogP contribution is -2.29. The van der Waals surface area contributed by atoms with Gasteiger partial charge in [-0.2, -0.15) is 0 Å². The number of para-hydroxylation sites is 1. The van der Waals surface area contributed by atoms with Crippen molar-refractivity contribution in [1.82, 2.24) is 15.4 Å². The van der Waals surface area contributed by atoms with E-state index in [9.17, 15) is 14.4 Å². The molecule has 8 heteroatoms. The third-order valence-corrected chi connectivity index (χ3v) is 5.29. The molecule has 0 radical (unpaired) electrons. The van der Waals surface area contributed by atoms with Crippen LogP contribution in [0.5, 0.6) is 0 Å². The van der Waals surface area contributed by atoms with Crippen LogP contribution in [-0.4, -0.2) is 21.6 Å². The van der Waals surface area contributed by atoms with Gasteiger partial charge in [0.25, 0.3) is 5.91 Å². The minimum absolute atomic E-state index is 0.100. The standard InChI is InChI=1S/C20H21N3O4S/c24-18(22-27)9-3-4-10-23-13-16(19(25)15-7-1-2-8-17(15)23)20(26)21-12-14-6-5-11-28-14/h1-2,5-8,11,13,27H,3-4,9-10,12H2,(H,21,26)(H,22,24). The van der Waals surface area contributed by atoms with E-state index in [1.807, 2.05) is 34.2 Å². The maximum atomic E-state index is 12.8. The van der Waals surface area contributed by atoms with Gasteiger partial charge in [-0.25, -0.2) is 5.48 Å². The highest BCUT2D eigenvalue weighted by atomic mass is 32.1. The Bertz CT molecular complexity index is 1030. The number of nitrogens with zero attached hydrogens (tertiary/aromatic N) is 1. The number of pyridine rings is 1. The molecule has 0 saturated carbocycles. The van der Waals surface area contributed by atoms with Gasteiger partial charge < -0.3 is 9.88 Å². The van der Waals surface area contributed by atoms with E-state index in [1.165, 1.54) is 11.3 Å². The Morgan fingerprint density at radius 1 is 1.11 bits per heavy atom. The van der Waals surface area contributed by atoms with Gasteiger partial charge in [0.15, 0.2) is 0 Å². The second-order valence-corrected chi connectivity index (χ2v) is 7.37. The van der Waals surface area contributed by atoms with Gasteiger partial charge in [-0.3, -0.25) is 19.6 Å². The van der Waals surface area contributed by atoms with Crippen LogP contribution in [0.25, 0.3) is 10.9 Å². The Balaban J connectivity index is 1.81. The molecule has 3 N–H and O–H groups in total. The van der Waals surface area contributed by atoms with Crippen molar-refractivity contribution in [1.29, 1.82) is 0 Å². The molecule has 2 amide bonds. The van der Waals surface area contributed by atoms with Crippen molar-refractivity contribution in [3.8, 4) is 0 Å². The van der Waals surface area contributed by atoms with Crippen LogP contribution in [0, 0.1) is 0 Å². The smallest absolute Gasteiger partial charge is 0.257 e. The number of unbranched alkanes of at least 4 members (excludes halogenated alkanes) is 1. The Labute approximate surface area is 165 Å². The molecule has 3 rings (SSSR count). The first-order valence-electron chi connectivity index (χ1n) is 8.96. The Morgan fingerprint density at radius 2 is 1.93 bits per heavy atom. The van der Waals surface area contributed by atoms with E-state index in [-0.39, 0.29) is 17.4 Å². The SMILES string of the molecule is O=C(CCCCn1cc(C(=O)NCc2cccs2)c(=O)c2ccccc21)NO. The molecule has 0 aliphatic heterocycles. The zero-order chi connectivity index (χ0) is 19.9. The summed E-state index contributed by atoms with van der Waals surface area (Å²) in [4.78, 5) is 37.5. The number of hydroxylamine groups is 1. The van der Waals surface area contributed by atoms with Crippen molar-refractivity contribution in [2.24, 2.45) is 0 Å². The molecule has 0 unspecified atom stereocenters. The van der Waals surface area contributed by atoms with Crippen LogP contribution in [0.3, 0.4) is 0 Å². The third kappa shape index (κ3) is 4.65. The van der Waals surface area contributed by atoms with Crippen molar-refractivity contribution in [2.45, 2.75) is 32.4 Å². The number of hydrogen-bond donors (Lipinski definition) is 3. The fourth-order valence-electron chi connectivity index (χ4n) is 2.99. The first-order chi connectivity index (χ1) is 13.6. The monoisotopic (exact) mass is 399 g/mol. The van der Waals surface area contributed by atoms with Gasteiger partial charge in [0.2, 0.25) is 11.3 Å². The highest BCUT2D eigenvalue weighted by molar-refractivity contribution is 7.09. The second kappa shape index (κ2) is 9.29. The quantitative estimate of drug-likeness (QED) is 0.308. The number of amides is 2. The number of aryl methyl sites for hydroxylation is 1. The molecule has 2 heterocycles. The maximum Gasteiger partial charge on any atom is 0.257 e. The highest BCUT2D eigenvalue weighted by Gasteiger charge is 2.15. The number of carbonyl (C=O) groups is 2. The summed E-state index contributed by atoms with van der Waals surface area (Å²) >= 11 is 1.54. The third-order valence-electron chi connectivity index (χ3n) is 4.41. The summed E-state index contributed by atoms with van der Waals surface area (Å²) in [6.45, 7) is 0.920. The average Bonchev–Trinajstić information content (AvgIpc) is 3.24. The molecule has 28 heavy (non-hydrogen) atoms. The molecule has 0 bridgehead atoms. The van der Waals surface area contributed by atoms with Crippen LogP contribution >= 0.6 is 11.3 Å². The van der Waals surface area contributed by atoms with Gasteiger partial charge in [-0.1, -0.05) is 18.2 Å². The predicted molar refractivity (Wildman–Crippen MR) is 107 cm³/mol. The predicted octanol–water partition coefficient (Wildman–Crippen LogP) is 2.67. The normalized spacial score (nSPS) is 10.8. The van der Waals surface area contributed by atoms with Crippen LogP contribution in [-0.2, 0) is 17.9 Å². The summed E-state index contributed by atoms with van der Waals surface area (Å²) in [5.41, 5.74) is 2.16. The maximum absolute atomic E-state index is 12.8. The number of benzene rings is 1. The lowest BCUT2D eigenvalue weighted by atomic mass is 10.1. The zero-order valence-corrected chi connectivity index (χ0v) is 16.0. The number of hydrogen-bond acceptors (Lipinski definition) is 5. The number of rotatable bonds is 8.